The van der Waals surface area contributed by atoms with Crippen LogP contribution in [0.1, 0.15) is 10.6 Å². The average Bonchev–Trinajstić information content (AvgIpc) is 2.90. The van der Waals surface area contributed by atoms with Crippen molar-refractivity contribution >= 4 is 34.5 Å². The molecule has 5 heteroatoms. The number of nitrogens with zero attached hydrogens (tertiary/aromatic N) is 1. The summed E-state index contributed by atoms with van der Waals surface area (Å²) in [7, 11) is 0. The third-order valence-electron chi connectivity index (χ3n) is 2.94. The highest BCUT2D eigenvalue weighted by molar-refractivity contribution is 7.09. The van der Waals surface area contributed by atoms with Gasteiger partial charge in [0, 0.05) is 35.2 Å². The van der Waals surface area contributed by atoms with E-state index in [2.05, 4.69) is 4.98 Å². The molecule has 0 radical (unpaired) electrons. The van der Waals surface area contributed by atoms with Crippen LogP contribution in [-0.2, 0) is 11.8 Å². The van der Waals surface area contributed by atoms with E-state index in [-0.39, 0.29) is 5.82 Å². The Morgan fingerprint density at radius 1 is 1.17 bits per heavy atom. The van der Waals surface area contributed by atoms with Gasteiger partial charge in [-0.25, -0.2) is 9.37 Å². The first kappa shape index (κ1) is 13.8. The van der Waals surface area contributed by atoms with E-state index < -0.39 is 5.41 Å². The fourth-order valence-electron chi connectivity index (χ4n) is 1.82. The normalized spacial score (nSPS) is 11.7. The number of hydrogen-bond donors (Lipinski definition) is 0. The Kier molecular flexibility index (Phi) is 4.60. The van der Waals surface area contributed by atoms with Crippen LogP contribution in [0.3, 0.4) is 0 Å². The first-order chi connectivity index (χ1) is 8.70. The molecule has 0 fully saturated rings. The lowest BCUT2D eigenvalue weighted by molar-refractivity contribution is 0.532. The molecule has 0 aliphatic carbocycles. The van der Waals surface area contributed by atoms with Gasteiger partial charge in [0.1, 0.15) is 5.82 Å². The maximum Gasteiger partial charge on any atom is 0.123 e. The lowest BCUT2D eigenvalue weighted by Gasteiger charge is -2.29. The summed E-state index contributed by atoms with van der Waals surface area (Å²) in [5.74, 6) is 0.495. The van der Waals surface area contributed by atoms with Crippen LogP contribution >= 0.6 is 34.5 Å². The van der Waals surface area contributed by atoms with E-state index in [9.17, 15) is 4.39 Å². The van der Waals surface area contributed by atoms with Crippen molar-refractivity contribution in [2.24, 2.45) is 0 Å². The van der Waals surface area contributed by atoms with Crippen molar-refractivity contribution in [1.29, 1.82) is 0 Å². The summed E-state index contributed by atoms with van der Waals surface area (Å²) in [5, 5.41) is 2.91. The molecule has 0 saturated carbocycles. The predicted octanol–water partition coefficient (Wildman–Crippen LogP) is 4.24. The molecule has 18 heavy (non-hydrogen) atoms. The van der Waals surface area contributed by atoms with E-state index in [1.165, 1.54) is 12.1 Å². The summed E-state index contributed by atoms with van der Waals surface area (Å²) < 4.78 is 13.0. The molecule has 96 valence electrons. The van der Waals surface area contributed by atoms with Crippen molar-refractivity contribution in [2.75, 3.05) is 11.8 Å². The molecule has 0 saturated heterocycles. The Morgan fingerprint density at radius 2 is 1.83 bits per heavy atom. The number of aromatic nitrogens is 1. The molecule has 2 rings (SSSR count). The summed E-state index contributed by atoms with van der Waals surface area (Å²) in [6, 6.07) is 6.36. The van der Waals surface area contributed by atoms with Crippen LogP contribution in [0, 0.1) is 5.82 Å². The number of hydrogen-bond acceptors (Lipinski definition) is 2. The Balaban J connectivity index is 2.33. The standard InChI is InChI=1S/C13H12Cl2FNS/c14-8-13(9-15,7-12-17-5-6-18-12)10-1-3-11(16)4-2-10/h1-6H,7-9H2. The molecule has 0 aliphatic rings. The van der Waals surface area contributed by atoms with Gasteiger partial charge < -0.3 is 0 Å². The summed E-state index contributed by atoms with van der Waals surface area (Å²) >= 11 is 13.8. The van der Waals surface area contributed by atoms with Crippen LogP contribution in [0.4, 0.5) is 4.39 Å². The van der Waals surface area contributed by atoms with Crippen LogP contribution in [0.5, 0.6) is 0 Å². The van der Waals surface area contributed by atoms with E-state index in [1.807, 2.05) is 5.38 Å². The minimum absolute atomic E-state index is 0.258. The van der Waals surface area contributed by atoms with E-state index >= 15 is 0 Å². The van der Waals surface area contributed by atoms with Gasteiger partial charge >= 0.3 is 0 Å². The summed E-state index contributed by atoms with van der Waals surface area (Å²) in [6.45, 7) is 0. The monoisotopic (exact) mass is 303 g/mol. The molecule has 0 unspecified atom stereocenters. The highest BCUT2D eigenvalue weighted by Gasteiger charge is 2.32. The Bertz CT molecular complexity index is 480. The molecule has 1 aromatic heterocycles. The molecule has 0 aliphatic heterocycles. The summed E-state index contributed by atoms with van der Waals surface area (Å²) in [6.07, 6.45) is 2.43. The van der Waals surface area contributed by atoms with E-state index in [4.69, 9.17) is 23.2 Å². The largest absolute Gasteiger partial charge is 0.250 e. The highest BCUT2D eigenvalue weighted by atomic mass is 35.5. The van der Waals surface area contributed by atoms with Crippen molar-refractivity contribution in [3.63, 3.8) is 0 Å². The van der Waals surface area contributed by atoms with Gasteiger partial charge in [0.05, 0.1) is 5.01 Å². The molecule has 2 aromatic rings. The van der Waals surface area contributed by atoms with Gasteiger partial charge in [0.25, 0.3) is 0 Å². The average molecular weight is 304 g/mol. The van der Waals surface area contributed by atoms with E-state index in [0.29, 0.717) is 18.2 Å². The van der Waals surface area contributed by atoms with E-state index in [0.717, 1.165) is 10.6 Å². The second-order valence-corrected chi connectivity index (χ2v) is 5.67. The molecule has 0 spiro atoms. The smallest absolute Gasteiger partial charge is 0.123 e. The maximum atomic E-state index is 13.0. The Hall–Kier alpha value is -0.640. The second kappa shape index (κ2) is 6.00. The molecule has 0 amide bonds. The number of rotatable bonds is 5. The van der Waals surface area contributed by atoms with Gasteiger partial charge in [0.15, 0.2) is 0 Å². The fourth-order valence-corrected chi connectivity index (χ4v) is 3.36. The number of thiazole rings is 1. The molecule has 1 heterocycles. The van der Waals surface area contributed by atoms with Crippen LogP contribution in [0.15, 0.2) is 35.8 Å². The first-order valence-electron chi connectivity index (χ1n) is 5.46. The van der Waals surface area contributed by atoms with Gasteiger partial charge in [0.2, 0.25) is 0 Å². The minimum Gasteiger partial charge on any atom is -0.250 e. The Labute approximate surface area is 120 Å². The third-order valence-corrected chi connectivity index (χ3v) is 4.74. The molecular weight excluding hydrogens is 292 g/mol. The van der Waals surface area contributed by atoms with Crippen LogP contribution in [0.2, 0.25) is 0 Å². The van der Waals surface area contributed by atoms with Crippen LogP contribution in [0.25, 0.3) is 0 Å². The fraction of sp³-hybridized carbons (Fsp3) is 0.308. The predicted molar refractivity (Wildman–Crippen MR) is 75.3 cm³/mol. The Morgan fingerprint density at radius 3 is 2.33 bits per heavy atom. The van der Waals surface area contributed by atoms with Gasteiger partial charge in [-0.1, -0.05) is 12.1 Å². The molecule has 1 nitrogen and oxygen atoms in total. The molecule has 0 atom stereocenters. The lowest BCUT2D eigenvalue weighted by atomic mass is 9.81. The zero-order chi connectivity index (χ0) is 13.0. The van der Waals surface area contributed by atoms with Crippen LogP contribution < -0.4 is 0 Å². The molecule has 0 N–H and O–H groups in total. The van der Waals surface area contributed by atoms with Crippen molar-refractivity contribution in [2.45, 2.75) is 11.8 Å². The SMILES string of the molecule is Fc1ccc(C(CCl)(CCl)Cc2nccs2)cc1. The van der Waals surface area contributed by atoms with Gasteiger partial charge in [-0.3, -0.25) is 0 Å². The highest BCUT2D eigenvalue weighted by Crippen LogP contribution is 2.32. The van der Waals surface area contributed by atoms with Gasteiger partial charge in [-0.05, 0) is 17.7 Å². The zero-order valence-corrected chi connectivity index (χ0v) is 11.9. The van der Waals surface area contributed by atoms with Gasteiger partial charge in [-0.15, -0.1) is 34.5 Å². The lowest BCUT2D eigenvalue weighted by Crippen LogP contribution is -2.33. The van der Waals surface area contributed by atoms with Crippen molar-refractivity contribution in [1.82, 2.24) is 4.98 Å². The second-order valence-electron chi connectivity index (χ2n) is 4.16. The van der Waals surface area contributed by atoms with Gasteiger partial charge in [-0.2, -0.15) is 0 Å². The molecule has 1 aromatic carbocycles. The first-order valence-corrected chi connectivity index (χ1v) is 7.41. The molecular formula is C13H12Cl2FNS. The zero-order valence-electron chi connectivity index (χ0n) is 9.57. The van der Waals surface area contributed by atoms with E-state index in [1.54, 1.807) is 29.7 Å². The van der Waals surface area contributed by atoms with Crippen molar-refractivity contribution in [3.8, 4) is 0 Å². The minimum atomic E-state index is -0.394. The maximum absolute atomic E-state index is 13.0. The molecule has 0 bridgehead atoms. The number of alkyl halides is 2. The van der Waals surface area contributed by atoms with Crippen molar-refractivity contribution in [3.05, 3.63) is 52.2 Å². The van der Waals surface area contributed by atoms with Crippen LogP contribution in [-0.4, -0.2) is 16.7 Å². The van der Waals surface area contributed by atoms with Crippen molar-refractivity contribution < 1.29 is 4.39 Å². The quantitative estimate of drug-likeness (QED) is 0.753. The third kappa shape index (κ3) is 2.85. The summed E-state index contributed by atoms with van der Waals surface area (Å²) in [5.41, 5.74) is 0.554. The summed E-state index contributed by atoms with van der Waals surface area (Å²) in [4.78, 5) is 4.27. The number of halogens is 3. The number of benzene rings is 1. The topological polar surface area (TPSA) is 12.9 Å².